The van der Waals surface area contributed by atoms with Crippen molar-refractivity contribution in [2.24, 2.45) is 5.92 Å². The molecule has 2 N–H and O–H groups in total. The first-order chi connectivity index (χ1) is 6.20. The van der Waals surface area contributed by atoms with Crippen molar-refractivity contribution in [1.29, 1.82) is 0 Å². The van der Waals surface area contributed by atoms with Gasteiger partial charge in [0.25, 0.3) is 0 Å². The quantitative estimate of drug-likeness (QED) is 0.566. The fourth-order valence-corrected chi connectivity index (χ4v) is 1.19. The van der Waals surface area contributed by atoms with E-state index in [1.54, 1.807) is 0 Å². The van der Waals surface area contributed by atoms with Gasteiger partial charge in [-0.25, -0.2) is 0 Å². The van der Waals surface area contributed by atoms with Crippen molar-refractivity contribution in [3.8, 4) is 0 Å². The Labute approximate surface area is 82.0 Å². The van der Waals surface area contributed by atoms with E-state index >= 15 is 0 Å². The standard InChI is InChI=1S/C11H23NO/c1-4-5-6-11(3)12-9-10(2)7-8-13/h4,10-13H,1,5-9H2,2-3H3. The van der Waals surface area contributed by atoms with Gasteiger partial charge in [0.1, 0.15) is 0 Å². The summed E-state index contributed by atoms with van der Waals surface area (Å²) in [4.78, 5) is 0. The van der Waals surface area contributed by atoms with Crippen LogP contribution in [-0.2, 0) is 0 Å². The summed E-state index contributed by atoms with van der Waals surface area (Å²) in [6.07, 6.45) is 5.06. The largest absolute Gasteiger partial charge is 0.396 e. The monoisotopic (exact) mass is 185 g/mol. The topological polar surface area (TPSA) is 32.3 Å². The van der Waals surface area contributed by atoms with Gasteiger partial charge < -0.3 is 10.4 Å². The molecule has 0 saturated carbocycles. The maximum atomic E-state index is 8.70. The summed E-state index contributed by atoms with van der Waals surface area (Å²) in [5, 5.41) is 12.1. The molecule has 0 aromatic rings. The molecule has 0 aromatic carbocycles. The number of nitrogens with one attached hydrogen (secondary N) is 1. The van der Waals surface area contributed by atoms with E-state index in [2.05, 4.69) is 25.7 Å². The molecular weight excluding hydrogens is 162 g/mol. The molecule has 2 nitrogen and oxygen atoms in total. The van der Waals surface area contributed by atoms with Gasteiger partial charge in [-0.05, 0) is 38.6 Å². The minimum absolute atomic E-state index is 0.296. The third-order valence-electron chi connectivity index (χ3n) is 2.24. The number of rotatable bonds is 8. The molecule has 0 heterocycles. The summed E-state index contributed by atoms with van der Waals surface area (Å²) in [5.41, 5.74) is 0. The summed E-state index contributed by atoms with van der Waals surface area (Å²) in [6, 6.07) is 0.555. The lowest BCUT2D eigenvalue weighted by molar-refractivity contribution is 0.258. The maximum absolute atomic E-state index is 8.70. The molecule has 0 rings (SSSR count). The van der Waals surface area contributed by atoms with E-state index in [-0.39, 0.29) is 0 Å². The van der Waals surface area contributed by atoms with Crippen molar-refractivity contribution < 1.29 is 5.11 Å². The number of hydrogen-bond donors (Lipinski definition) is 2. The third-order valence-corrected chi connectivity index (χ3v) is 2.24. The van der Waals surface area contributed by atoms with Crippen LogP contribution in [0, 0.1) is 5.92 Å². The van der Waals surface area contributed by atoms with E-state index in [1.807, 2.05) is 6.08 Å². The summed E-state index contributed by atoms with van der Waals surface area (Å²) >= 11 is 0. The van der Waals surface area contributed by atoms with Crippen LogP contribution in [0.3, 0.4) is 0 Å². The highest BCUT2D eigenvalue weighted by Crippen LogP contribution is 2.01. The number of aliphatic hydroxyl groups is 1. The normalized spacial score (nSPS) is 15.3. The number of hydrogen-bond acceptors (Lipinski definition) is 2. The predicted octanol–water partition coefficient (Wildman–Crippen LogP) is 1.95. The van der Waals surface area contributed by atoms with Crippen molar-refractivity contribution in [2.75, 3.05) is 13.2 Å². The predicted molar refractivity (Wildman–Crippen MR) is 57.8 cm³/mol. The molecule has 2 unspecified atom stereocenters. The van der Waals surface area contributed by atoms with Crippen molar-refractivity contribution in [2.45, 2.75) is 39.2 Å². The van der Waals surface area contributed by atoms with Gasteiger partial charge in [-0.2, -0.15) is 0 Å². The van der Waals surface area contributed by atoms with E-state index in [9.17, 15) is 0 Å². The van der Waals surface area contributed by atoms with E-state index in [0.29, 0.717) is 18.6 Å². The first-order valence-corrected chi connectivity index (χ1v) is 5.15. The zero-order chi connectivity index (χ0) is 10.1. The summed E-state index contributed by atoms with van der Waals surface area (Å²) in [6.45, 7) is 9.34. The Morgan fingerprint density at radius 1 is 1.38 bits per heavy atom. The Hall–Kier alpha value is -0.340. The molecular formula is C11H23NO. The second-order valence-corrected chi connectivity index (χ2v) is 3.79. The van der Waals surface area contributed by atoms with Crippen molar-refractivity contribution in [3.63, 3.8) is 0 Å². The van der Waals surface area contributed by atoms with Crippen LogP contribution in [0.1, 0.15) is 33.1 Å². The summed E-state index contributed by atoms with van der Waals surface area (Å²) in [7, 11) is 0. The van der Waals surface area contributed by atoms with Crippen LogP contribution in [0.2, 0.25) is 0 Å². The van der Waals surface area contributed by atoms with Crippen LogP contribution in [0.4, 0.5) is 0 Å². The Morgan fingerprint density at radius 2 is 2.08 bits per heavy atom. The van der Waals surface area contributed by atoms with Crippen LogP contribution in [0.25, 0.3) is 0 Å². The Morgan fingerprint density at radius 3 is 2.62 bits per heavy atom. The minimum atomic E-state index is 0.296. The van der Waals surface area contributed by atoms with Gasteiger partial charge in [0.2, 0.25) is 0 Å². The number of aliphatic hydroxyl groups excluding tert-OH is 1. The van der Waals surface area contributed by atoms with Gasteiger partial charge in [0.05, 0.1) is 0 Å². The van der Waals surface area contributed by atoms with Gasteiger partial charge in [0, 0.05) is 12.6 Å². The first kappa shape index (κ1) is 12.7. The molecule has 0 bridgehead atoms. The first-order valence-electron chi connectivity index (χ1n) is 5.15. The molecule has 0 amide bonds. The Kier molecular flexibility index (Phi) is 8.05. The summed E-state index contributed by atoms with van der Waals surface area (Å²) < 4.78 is 0. The van der Waals surface area contributed by atoms with Crippen LogP contribution >= 0.6 is 0 Å². The van der Waals surface area contributed by atoms with Crippen LogP contribution in [0.5, 0.6) is 0 Å². The second-order valence-electron chi connectivity index (χ2n) is 3.79. The molecule has 0 radical (unpaired) electrons. The van der Waals surface area contributed by atoms with Gasteiger partial charge in [0.15, 0.2) is 0 Å². The minimum Gasteiger partial charge on any atom is -0.396 e. The maximum Gasteiger partial charge on any atom is 0.0434 e. The van der Waals surface area contributed by atoms with Crippen molar-refractivity contribution >= 4 is 0 Å². The SMILES string of the molecule is C=CCCC(C)NCC(C)CCO. The van der Waals surface area contributed by atoms with E-state index in [4.69, 9.17) is 5.11 Å². The van der Waals surface area contributed by atoms with Gasteiger partial charge in [-0.15, -0.1) is 6.58 Å². The molecule has 0 fully saturated rings. The molecule has 0 aliphatic carbocycles. The smallest absolute Gasteiger partial charge is 0.0434 e. The third kappa shape index (κ3) is 8.00. The lowest BCUT2D eigenvalue weighted by atomic mass is 10.1. The van der Waals surface area contributed by atoms with Gasteiger partial charge >= 0.3 is 0 Å². The number of allylic oxidation sites excluding steroid dienone is 1. The molecule has 0 spiro atoms. The fraction of sp³-hybridized carbons (Fsp3) is 0.818. The van der Waals surface area contributed by atoms with Gasteiger partial charge in [-0.1, -0.05) is 13.0 Å². The van der Waals surface area contributed by atoms with E-state index < -0.39 is 0 Å². The molecule has 13 heavy (non-hydrogen) atoms. The fourth-order valence-electron chi connectivity index (χ4n) is 1.19. The second kappa shape index (κ2) is 8.27. The van der Waals surface area contributed by atoms with Crippen LogP contribution in [0.15, 0.2) is 12.7 Å². The zero-order valence-corrected chi connectivity index (χ0v) is 8.92. The Balaban J connectivity index is 3.33. The highest BCUT2D eigenvalue weighted by molar-refractivity contribution is 4.71. The lowest BCUT2D eigenvalue weighted by Gasteiger charge is -2.16. The summed E-state index contributed by atoms with van der Waals surface area (Å²) in [5.74, 6) is 0.566. The highest BCUT2D eigenvalue weighted by Gasteiger charge is 2.03. The highest BCUT2D eigenvalue weighted by atomic mass is 16.3. The zero-order valence-electron chi connectivity index (χ0n) is 8.92. The van der Waals surface area contributed by atoms with Crippen LogP contribution < -0.4 is 5.32 Å². The average molecular weight is 185 g/mol. The average Bonchev–Trinajstić information content (AvgIpc) is 2.12. The lowest BCUT2D eigenvalue weighted by Crippen LogP contribution is -2.30. The van der Waals surface area contributed by atoms with Crippen molar-refractivity contribution in [1.82, 2.24) is 5.32 Å². The molecule has 0 aliphatic heterocycles. The molecule has 0 saturated heterocycles. The molecule has 2 atom stereocenters. The van der Waals surface area contributed by atoms with E-state index in [1.165, 1.54) is 0 Å². The Bertz CT molecular complexity index is 125. The molecule has 0 aromatic heterocycles. The van der Waals surface area contributed by atoms with Crippen LogP contribution in [-0.4, -0.2) is 24.3 Å². The molecule has 2 heteroatoms. The van der Waals surface area contributed by atoms with E-state index in [0.717, 1.165) is 25.8 Å². The molecule has 78 valence electrons. The van der Waals surface area contributed by atoms with Crippen molar-refractivity contribution in [3.05, 3.63) is 12.7 Å². The van der Waals surface area contributed by atoms with Gasteiger partial charge in [-0.3, -0.25) is 0 Å². The molecule has 0 aliphatic rings.